The van der Waals surface area contributed by atoms with Gasteiger partial charge in [-0.1, -0.05) is 19.4 Å². The number of rotatable bonds is 8. The van der Waals surface area contributed by atoms with Crippen molar-refractivity contribution in [1.29, 1.82) is 0 Å². The number of aliphatic hydroxyl groups is 1. The normalized spacial score (nSPS) is 12.4. The van der Waals surface area contributed by atoms with E-state index >= 15 is 0 Å². The van der Waals surface area contributed by atoms with Gasteiger partial charge < -0.3 is 15.2 Å². The Kier molecular flexibility index (Phi) is 7.32. The van der Waals surface area contributed by atoms with Gasteiger partial charge in [0.25, 0.3) is 0 Å². The molecular formula is C14H22BrNO2. The van der Waals surface area contributed by atoms with E-state index in [4.69, 9.17) is 4.74 Å². The van der Waals surface area contributed by atoms with Crippen molar-refractivity contribution in [2.45, 2.75) is 32.8 Å². The van der Waals surface area contributed by atoms with Gasteiger partial charge in [-0.15, -0.1) is 0 Å². The molecule has 0 aliphatic carbocycles. The first-order valence-corrected chi connectivity index (χ1v) is 7.20. The molecule has 2 N–H and O–H groups in total. The predicted octanol–water partition coefficient (Wildman–Crippen LogP) is 2.89. The number of aliphatic hydroxyl groups excluding tert-OH is 1. The third kappa shape index (κ3) is 5.85. The largest absolute Gasteiger partial charge is 0.490 e. The van der Waals surface area contributed by atoms with Crippen LogP contribution in [0.1, 0.15) is 25.3 Å². The molecule has 0 aliphatic rings. The lowest BCUT2D eigenvalue weighted by Gasteiger charge is -2.14. The van der Waals surface area contributed by atoms with Crippen LogP contribution in [0.5, 0.6) is 5.75 Å². The Morgan fingerprint density at radius 2 is 2.22 bits per heavy atom. The van der Waals surface area contributed by atoms with Crippen LogP contribution in [-0.2, 0) is 0 Å². The van der Waals surface area contributed by atoms with Crippen molar-refractivity contribution in [3.8, 4) is 5.75 Å². The predicted molar refractivity (Wildman–Crippen MR) is 78.2 cm³/mol. The average molecular weight is 316 g/mol. The minimum Gasteiger partial charge on any atom is -0.490 e. The molecule has 1 aromatic rings. The second-order valence-electron chi connectivity index (χ2n) is 4.46. The number of benzene rings is 1. The summed E-state index contributed by atoms with van der Waals surface area (Å²) in [6.07, 6.45) is 1.82. The maximum Gasteiger partial charge on any atom is 0.133 e. The van der Waals surface area contributed by atoms with Gasteiger partial charge in [0.1, 0.15) is 18.5 Å². The van der Waals surface area contributed by atoms with Gasteiger partial charge in [0.05, 0.1) is 4.47 Å². The molecule has 1 aromatic carbocycles. The van der Waals surface area contributed by atoms with Crippen LogP contribution in [0.2, 0.25) is 0 Å². The van der Waals surface area contributed by atoms with Crippen molar-refractivity contribution in [3.05, 3.63) is 28.2 Å². The van der Waals surface area contributed by atoms with Gasteiger partial charge in [-0.25, -0.2) is 0 Å². The third-order valence-electron chi connectivity index (χ3n) is 2.61. The van der Waals surface area contributed by atoms with E-state index in [1.165, 1.54) is 5.56 Å². The number of ether oxygens (including phenoxy) is 1. The summed E-state index contributed by atoms with van der Waals surface area (Å²) < 4.78 is 6.50. The molecule has 3 nitrogen and oxygen atoms in total. The highest BCUT2D eigenvalue weighted by Gasteiger charge is 2.06. The Bertz CT molecular complexity index is 358. The SMILES string of the molecule is CCCCNCC(O)COc1ccc(C)cc1Br. The van der Waals surface area contributed by atoms with Gasteiger partial charge in [0.2, 0.25) is 0 Å². The Morgan fingerprint density at radius 3 is 2.89 bits per heavy atom. The van der Waals surface area contributed by atoms with E-state index in [1.807, 2.05) is 25.1 Å². The van der Waals surface area contributed by atoms with Crippen LogP contribution in [0, 0.1) is 6.92 Å². The Balaban J connectivity index is 2.27. The molecule has 0 saturated heterocycles. The Morgan fingerprint density at radius 1 is 1.44 bits per heavy atom. The molecule has 0 aliphatic heterocycles. The van der Waals surface area contributed by atoms with Crippen LogP contribution in [-0.4, -0.2) is 30.9 Å². The zero-order chi connectivity index (χ0) is 13.4. The summed E-state index contributed by atoms with van der Waals surface area (Å²) in [5.74, 6) is 0.771. The highest BCUT2D eigenvalue weighted by atomic mass is 79.9. The quantitative estimate of drug-likeness (QED) is 0.725. The number of hydrogen-bond acceptors (Lipinski definition) is 3. The third-order valence-corrected chi connectivity index (χ3v) is 3.23. The first kappa shape index (κ1) is 15.5. The van der Waals surface area contributed by atoms with Crippen molar-refractivity contribution in [2.24, 2.45) is 0 Å². The number of halogens is 1. The summed E-state index contributed by atoms with van der Waals surface area (Å²) in [7, 11) is 0. The lowest BCUT2D eigenvalue weighted by molar-refractivity contribution is 0.106. The second kappa shape index (κ2) is 8.51. The fraction of sp³-hybridized carbons (Fsp3) is 0.571. The number of hydrogen-bond donors (Lipinski definition) is 2. The van der Waals surface area contributed by atoms with Crippen molar-refractivity contribution in [2.75, 3.05) is 19.7 Å². The van der Waals surface area contributed by atoms with E-state index in [0.29, 0.717) is 13.2 Å². The lowest BCUT2D eigenvalue weighted by Crippen LogP contribution is -2.32. The summed E-state index contributed by atoms with van der Waals surface area (Å²) in [5, 5.41) is 13.0. The van der Waals surface area contributed by atoms with Crippen LogP contribution in [0.15, 0.2) is 22.7 Å². The fourth-order valence-electron chi connectivity index (χ4n) is 1.54. The van der Waals surface area contributed by atoms with E-state index in [1.54, 1.807) is 0 Å². The number of nitrogens with one attached hydrogen (secondary N) is 1. The van der Waals surface area contributed by atoms with Crippen LogP contribution < -0.4 is 10.1 Å². The summed E-state index contributed by atoms with van der Waals surface area (Å²) in [6, 6.07) is 5.91. The van der Waals surface area contributed by atoms with Crippen LogP contribution in [0.3, 0.4) is 0 Å². The van der Waals surface area contributed by atoms with E-state index in [2.05, 4.69) is 28.2 Å². The van der Waals surface area contributed by atoms with Crippen LogP contribution in [0.4, 0.5) is 0 Å². The minimum absolute atomic E-state index is 0.306. The second-order valence-corrected chi connectivity index (χ2v) is 5.31. The molecule has 0 radical (unpaired) electrons. The van der Waals surface area contributed by atoms with Gasteiger partial charge >= 0.3 is 0 Å². The van der Waals surface area contributed by atoms with E-state index in [0.717, 1.165) is 29.6 Å². The molecular weight excluding hydrogens is 294 g/mol. The van der Waals surface area contributed by atoms with Crippen molar-refractivity contribution in [1.82, 2.24) is 5.32 Å². The fourth-order valence-corrected chi connectivity index (χ4v) is 2.15. The zero-order valence-corrected chi connectivity index (χ0v) is 12.7. The van der Waals surface area contributed by atoms with Crippen LogP contribution in [0.25, 0.3) is 0 Å². The van der Waals surface area contributed by atoms with Gasteiger partial charge in [0.15, 0.2) is 0 Å². The van der Waals surface area contributed by atoms with Gasteiger partial charge in [-0.2, -0.15) is 0 Å². The molecule has 0 heterocycles. The molecule has 1 atom stereocenters. The van der Waals surface area contributed by atoms with Crippen molar-refractivity contribution in [3.63, 3.8) is 0 Å². The van der Waals surface area contributed by atoms with E-state index in [-0.39, 0.29) is 0 Å². The van der Waals surface area contributed by atoms with Gasteiger partial charge in [0, 0.05) is 6.54 Å². The average Bonchev–Trinajstić information content (AvgIpc) is 2.33. The van der Waals surface area contributed by atoms with E-state index in [9.17, 15) is 5.11 Å². The molecule has 18 heavy (non-hydrogen) atoms. The maximum absolute atomic E-state index is 9.75. The topological polar surface area (TPSA) is 41.5 Å². The molecule has 0 aromatic heterocycles. The van der Waals surface area contributed by atoms with Gasteiger partial charge in [-0.05, 0) is 53.5 Å². The molecule has 4 heteroatoms. The first-order valence-electron chi connectivity index (χ1n) is 6.41. The summed E-state index contributed by atoms with van der Waals surface area (Å²) in [4.78, 5) is 0. The smallest absolute Gasteiger partial charge is 0.133 e. The highest BCUT2D eigenvalue weighted by molar-refractivity contribution is 9.10. The zero-order valence-electron chi connectivity index (χ0n) is 11.1. The maximum atomic E-state index is 9.75. The number of unbranched alkanes of at least 4 members (excludes halogenated alkanes) is 1. The highest BCUT2D eigenvalue weighted by Crippen LogP contribution is 2.25. The molecule has 0 amide bonds. The van der Waals surface area contributed by atoms with Crippen molar-refractivity contribution >= 4 is 15.9 Å². The molecule has 0 fully saturated rings. The molecule has 102 valence electrons. The number of aryl methyl sites for hydroxylation is 1. The molecule has 0 bridgehead atoms. The first-order chi connectivity index (χ1) is 8.63. The Hall–Kier alpha value is -0.580. The van der Waals surface area contributed by atoms with Gasteiger partial charge in [-0.3, -0.25) is 0 Å². The summed E-state index contributed by atoms with van der Waals surface area (Å²) in [5.41, 5.74) is 1.18. The molecule has 1 unspecified atom stereocenters. The summed E-state index contributed by atoms with van der Waals surface area (Å²) in [6.45, 7) is 6.00. The van der Waals surface area contributed by atoms with E-state index < -0.39 is 6.10 Å². The minimum atomic E-state index is -0.477. The van der Waals surface area contributed by atoms with Crippen LogP contribution >= 0.6 is 15.9 Å². The van der Waals surface area contributed by atoms with Crippen molar-refractivity contribution < 1.29 is 9.84 Å². The molecule has 0 spiro atoms. The standard InChI is InChI=1S/C14H22BrNO2/c1-3-4-7-16-9-12(17)10-18-14-6-5-11(2)8-13(14)15/h5-6,8,12,16-17H,3-4,7,9-10H2,1-2H3. The monoisotopic (exact) mass is 315 g/mol. The molecule has 0 saturated carbocycles. The summed E-state index contributed by atoms with van der Waals surface area (Å²) >= 11 is 3.45. The molecule has 1 rings (SSSR count). The lowest BCUT2D eigenvalue weighted by atomic mass is 10.2. The Labute approximate surface area is 118 Å².